The molecule has 0 saturated carbocycles. The highest BCUT2D eigenvalue weighted by Gasteiger charge is 2.27. The number of halogens is 1. The second-order valence-corrected chi connectivity index (χ2v) is 7.64. The van der Waals surface area contributed by atoms with E-state index < -0.39 is 0 Å². The van der Waals surface area contributed by atoms with Gasteiger partial charge >= 0.3 is 0 Å². The molecule has 160 valence electrons. The topological polar surface area (TPSA) is 50.6 Å². The summed E-state index contributed by atoms with van der Waals surface area (Å²) in [7, 11) is 3.52. The Morgan fingerprint density at radius 1 is 1.19 bits per heavy atom. The molecule has 6 nitrogen and oxygen atoms in total. The van der Waals surface area contributed by atoms with Gasteiger partial charge in [-0.1, -0.05) is 18.2 Å². The molecule has 1 aliphatic heterocycles. The van der Waals surface area contributed by atoms with Crippen LogP contribution in [-0.4, -0.2) is 46.2 Å². The second kappa shape index (κ2) is 8.73. The Hall–Kier alpha value is -3.45. The molecule has 7 heteroatoms. The van der Waals surface area contributed by atoms with Crippen LogP contribution < -0.4 is 4.74 Å². The summed E-state index contributed by atoms with van der Waals surface area (Å²) >= 11 is 0. The van der Waals surface area contributed by atoms with Crippen molar-refractivity contribution < 1.29 is 13.9 Å². The van der Waals surface area contributed by atoms with E-state index in [9.17, 15) is 9.18 Å². The first-order valence-electron chi connectivity index (χ1n) is 10.1. The molecule has 31 heavy (non-hydrogen) atoms. The predicted octanol–water partition coefficient (Wildman–Crippen LogP) is 3.99. The molecule has 0 radical (unpaired) electrons. The van der Waals surface area contributed by atoms with Gasteiger partial charge in [-0.3, -0.25) is 9.80 Å². The third-order valence-corrected chi connectivity index (χ3v) is 5.41. The number of aromatic nitrogens is 2. The fraction of sp³-hybridized carbons (Fsp3) is 0.250. The van der Waals surface area contributed by atoms with Gasteiger partial charge in [-0.2, -0.15) is 0 Å². The van der Waals surface area contributed by atoms with E-state index in [1.165, 1.54) is 12.1 Å². The molecule has 2 heterocycles. The molecular weight excluding hydrogens is 395 g/mol. The molecule has 1 amide bonds. The van der Waals surface area contributed by atoms with Gasteiger partial charge in [0.05, 0.1) is 31.4 Å². The van der Waals surface area contributed by atoms with Crippen molar-refractivity contribution in [3.05, 3.63) is 83.2 Å². The zero-order valence-corrected chi connectivity index (χ0v) is 17.9. The van der Waals surface area contributed by atoms with Gasteiger partial charge in [0.15, 0.2) is 0 Å². The van der Waals surface area contributed by atoms with Gasteiger partial charge in [0.25, 0.3) is 5.91 Å². The number of nitrogens with zero attached hydrogens (tertiary/aromatic N) is 4. The minimum absolute atomic E-state index is 0.0497. The highest BCUT2D eigenvalue weighted by Crippen LogP contribution is 2.27. The molecule has 0 bridgehead atoms. The standard InChI is InChI=1S/C24H25FN4O2/c1-17-14-28(16-26-17)22-9-6-19(13-23(22)31-3)12-20-10-11-27(2)29(24(20)30)15-18-4-7-21(25)8-5-18/h4-9,12-14,16H,10-11,15H2,1-3H3. The van der Waals surface area contributed by atoms with E-state index in [0.29, 0.717) is 18.7 Å². The van der Waals surface area contributed by atoms with E-state index in [-0.39, 0.29) is 11.7 Å². The lowest BCUT2D eigenvalue weighted by molar-refractivity contribution is -0.147. The fourth-order valence-electron chi connectivity index (χ4n) is 3.67. The molecule has 0 N–H and O–H groups in total. The lowest BCUT2D eigenvalue weighted by atomic mass is 10.0. The Balaban J connectivity index is 1.58. The van der Waals surface area contributed by atoms with Crippen LogP contribution in [0.15, 0.2) is 60.6 Å². The number of hydrogen-bond donors (Lipinski definition) is 0. The molecule has 0 spiro atoms. The zero-order valence-electron chi connectivity index (χ0n) is 17.9. The molecule has 0 atom stereocenters. The van der Waals surface area contributed by atoms with Crippen LogP contribution in [0.3, 0.4) is 0 Å². The number of carbonyl (C=O) groups excluding carboxylic acids is 1. The number of benzene rings is 2. The van der Waals surface area contributed by atoms with Gasteiger partial charge in [0.1, 0.15) is 11.6 Å². The summed E-state index contributed by atoms with van der Waals surface area (Å²) in [5.74, 6) is 0.368. The minimum Gasteiger partial charge on any atom is -0.495 e. The van der Waals surface area contributed by atoms with E-state index in [0.717, 1.165) is 34.6 Å². The van der Waals surface area contributed by atoms with Gasteiger partial charge in [-0.15, -0.1) is 0 Å². The highest BCUT2D eigenvalue weighted by atomic mass is 19.1. The molecule has 1 aliphatic rings. The Kier molecular flexibility index (Phi) is 5.86. The molecule has 0 aliphatic carbocycles. The lowest BCUT2D eigenvalue weighted by Crippen LogP contribution is -2.48. The third-order valence-electron chi connectivity index (χ3n) is 5.41. The first-order valence-corrected chi connectivity index (χ1v) is 10.1. The predicted molar refractivity (Wildman–Crippen MR) is 117 cm³/mol. The minimum atomic E-state index is -0.286. The quantitative estimate of drug-likeness (QED) is 0.586. The van der Waals surface area contributed by atoms with E-state index in [1.807, 2.05) is 54.0 Å². The molecule has 4 rings (SSSR count). The van der Waals surface area contributed by atoms with E-state index >= 15 is 0 Å². The smallest absolute Gasteiger partial charge is 0.264 e. The summed E-state index contributed by atoms with van der Waals surface area (Å²) in [6.45, 7) is 3.06. The summed E-state index contributed by atoms with van der Waals surface area (Å²) in [6.07, 6.45) is 6.25. The van der Waals surface area contributed by atoms with Crippen LogP contribution in [-0.2, 0) is 11.3 Å². The summed E-state index contributed by atoms with van der Waals surface area (Å²) < 4.78 is 20.7. The number of methoxy groups -OCH3 is 1. The average molecular weight is 420 g/mol. The second-order valence-electron chi connectivity index (χ2n) is 7.64. The van der Waals surface area contributed by atoms with Gasteiger partial charge in [0.2, 0.25) is 0 Å². The molecule has 1 aromatic heterocycles. The Bertz CT molecular complexity index is 1120. The van der Waals surface area contributed by atoms with Gasteiger partial charge in [-0.25, -0.2) is 14.4 Å². The Labute approximate surface area is 181 Å². The SMILES string of the molecule is COc1cc(C=C2CCN(C)N(Cc3ccc(F)cc3)C2=O)ccc1-n1cnc(C)c1. The van der Waals surface area contributed by atoms with Crippen molar-refractivity contribution in [1.29, 1.82) is 0 Å². The highest BCUT2D eigenvalue weighted by molar-refractivity contribution is 5.98. The van der Waals surface area contributed by atoms with Crippen LogP contribution in [0.25, 0.3) is 11.8 Å². The number of hydrogen-bond acceptors (Lipinski definition) is 4. The molecular formula is C24H25FN4O2. The first kappa shape index (κ1) is 20.8. The molecule has 1 saturated heterocycles. The molecule has 1 fully saturated rings. The lowest BCUT2D eigenvalue weighted by Gasteiger charge is -2.37. The van der Waals surface area contributed by atoms with Crippen LogP contribution in [0, 0.1) is 12.7 Å². The Morgan fingerprint density at radius 2 is 1.97 bits per heavy atom. The summed E-state index contributed by atoms with van der Waals surface area (Å²) in [5, 5.41) is 3.61. The van der Waals surface area contributed by atoms with E-state index in [4.69, 9.17) is 4.74 Å². The van der Waals surface area contributed by atoms with Crippen molar-refractivity contribution in [1.82, 2.24) is 19.6 Å². The number of amides is 1. The van der Waals surface area contributed by atoms with Crippen molar-refractivity contribution in [2.24, 2.45) is 0 Å². The summed E-state index contributed by atoms with van der Waals surface area (Å²) in [5.41, 5.74) is 4.31. The molecule has 2 aromatic carbocycles. The van der Waals surface area contributed by atoms with Crippen LogP contribution >= 0.6 is 0 Å². The number of rotatable bonds is 5. The maximum absolute atomic E-state index is 13.2. The number of hydrazine groups is 1. The maximum atomic E-state index is 13.2. The maximum Gasteiger partial charge on any atom is 0.264 e. The van der Waals surface area contributed by atoms with E-state index in [2.05, 4.69) is 4.98 Å². The monoisotopic (exact) mass is 420 g/mol. The summed E-state index contributed by atoms with van der Waals surface area (Å²) in [4.78, 5) is 17.4. The average Bonchev–Trinajstić information content (AvgIpc) is 3.20. The van der Waals surface area contributed by atoms with Crippen molar-refractivity contribution in [3.8, 4) is 11.4 Å². The fourth-order valence-corrected chi connectivity index (χ4v) is 3.67. The van der Waals surface area contributed by atoms with Crippen LogP contribution in [0.2, 0.25) is 0 Å². The third kappa shape index (κ3) is 4.51. The largest absolute Gasteiger partial charge is 0.495 e. The van der Waals surface area contributed by atoms with Gasteiger partial charge < -0.3 is 9.30 Å². The van der Waals surface area contributed by atoms with Crippen molar-refractivity contribution >= 4 is 12.0 Å². The summed E-state index contributed by atoms with van der Waals surface area (Å²) in [6, 6.07) is 12.1. The normalized spacial score (nSPS) is 16.2. The first-order chi connectivity index (χ1) is 14.9. The van der Waals surface area contributed by atoms with Gasteiger partial charge in [-0.05, 0) is 54.8 Å². The van der Waals surface area contributed by atoms with Crippen LogP contribution in [0.5, 0.6) is 5.75 Å². The zero-order chi connectivity index (χ0) is 22.0. The van der Waals surface area contributed by atoms with Crippen molar-refractivity contribution in [2.45, 2.75) is 19.9 Å². The Morgan fingerprint density at radius 3 is 2.65 bits per heavy atom. The van der Waals surface area contributed by atoms with Crippen molar-refractivity contribution in [2.75, 3.05) is 20.7 Å². The number of aryl methyl sites for hydroxylation is 1. The number of ether oxygens (including phenoxy) is 1. The molecule has 3 aromatic rings. The number of carbonyl (C=O) groups is 1. The van der Waals surface area contributed by atoms with Crippen molar-refractivity contribution in [3.63, 3.8) is 0 Å². The van der Waals surface area contributed by atoms with E-state index in [1.54, 1.807) is 30.6 Å². The van der Waals surface area contributed by atoms with Crippen LogP contribution in [0.1, 0.15) is 23.2 Å². The molecule has 0 unspecified atom stereocenters. The van der Waals surface area contributed by atoms with Crippen LogP contribution in [0.4, 0.5) is 4.39 Å². The number of imidazole rings is 1. The van der Waals surface area contributed by atoms with Gasteiger partial charge in [0, 0.05) is 25.4 Å².